The van der Waals surface area contributed by atoms with E-state index in [1.54, 1.807) is 31.4 Å². The number of hydrogen-bond donors (Lipinski definition) is 1. The van der Waals surface area contributed by atoms with Crippen molar-refractivity contribution in [2.75, 3.05) is 46.4 Å². The average Bonchev–Trinajstić information content (AvgIpc) is 2.79. The van der Waals surface area contributed by atoms with Crippen molar-refractivity contribution in [2.45, 2.75) is 31.7 Å². The maximum atomic E-state index is 12.8. The summed E-state index contributed by atoms with van der Waals surface area (Å²) in [6.45, 7) is 4.32. The molecule has 2 aliphatic rings. The molecule has 2 heterocycles. The Morgan fingerprint density at radius 2 is 2.03 bits per heavy atom. The second kappa shape index (κ2) is 10.4. The minimum Gasteiger partial charge on any atom is -0.383 e. The summed E-state index contributed by atoms with van der Waals surface area (Å²) < 4.78 is 5.00. The fraction of sp³-hybridized carbons (Fsp3) is 0.591. The van der Waals surface area contributed by atoms with Crippen LogP contribution in [-0.2, 0) is 9.53 Å². The van der Waals surface area contributed by atoms with Crippen molar-refractivity contribution >= 4 is 11.8 Å². The van der Waals surface area contributed by atoms with Gasteiger partial charge in [0.25, 0.3) is 5.91 Å². The van der Waals surface area contributed by atoms with Crippen LogP contribution in [0.2, 0.25) is 0 Å². The SMILES string of the molecule is COCCNC(=O)C1CCCN(C2CCN(C(=O)c3cccc(C#N)c3)CC2)C1. The van der Waals surface area contributed by atoms with Crippen LogP contribution in [0.25, 0.3) is 0 Å². The molecule has 1 unspecified atom stereocenters. The summed E-state index contributed by atoms with van der Waals surface area (Å²) >= 11 is 0. The van der Waals surface area contributed by atoms with Crippen LogP contribution in [0.4, 0.5) is 0 Å². The minimum absolute atomic E-state index is 0.00501. The van der Waals surface area contributed by atoms with E-state index in [1.165, 1.54) is 0 Å². The first-order chi connectivity index (χ1) is 14.1. The summed E-state index contributed by atoms with van der Waals surface area (Å²) in [5.41, 5.74) is 1.09. The minimum atomic E-state index is -0.00501. The highest BCUT2D eigenvalue weighted by molar-refractivity contribution is 5.94. The lowest BCUT2D eigenvalue weighted by Crippen LogP contribution is -2.51. The fourth-order valence-electron chi connectivity index (χ4n) is 4.31. The maximum absolute atomic E-state index is 12.8. The predicted octanol–water partition coefficient (Wildman–Crippen LogP) is 1.64. The van der Waals surface area contributed by atoms with E-state index < -0.39 is 0 Å². The molecule has 7 nitrogen and oxygen atoms in total. The molecule has 1 aromatic carbocycles. The number of benzene rings is 1. The molecule has 0 bridgehead atoms. The van der Waals surface area contributed by atoms with E-state index in [9.17, 15) is 9.59 Å². The van der Waals surface area contributed by atoms with Gasteiger partial charge in [-0.05, 0) is 50.4 Å². The zero-order valence-electron chi connectivity index (χ0n) is 17.1. The third-order valence-electron chi connectivity index (χ3n) is 5.94. The average molecular weight is 399 g/mol. The Kier molecular flexibility index (Phi) is 7.62. The normalized spacial score (nSPS) is 20.8. The van der Waals surface area contributed by atoms with Gasteiger partial charge < -0.3 is 15.0 Å². The van der Waals surface area contributed by atoms with Gasteiger partial charge in [-0.25, -0.2) is 0 Å². The number of likely N-dealkylation sites (tertiary alicyclic amines) is 2. The van der Waals surface area contributed by atoms with Gasteiger partial charge in [-0.2, -0.15) is 5.26 Å². The van der Waals surface area contributed by atoms with Crippen molar-refractivity contribution in [1.82, 2.24) is 15.1 Å². The maximum Gasteiger partial charge on any atom is 0.253 e. The Bertz CT molecular complexity index is 753. The largest absolute Gasteiger partial charge is 0.383 e. The van der Waals surface area contributed by atoms with Gasteiger partial charge in [0.2, 0.25) is 5.91 Å². The van der Waals surface area contributed by atoms with Crippen LogP contribution in [0.3, 0.4) is 0 Å². The molecule has 2 aliphatic heterocycles. The molecule has 1 N–H and O–H groups in total. The van der Waals surface area contributed by atoms with Crippen LogP contribution in [0.1, 0.15) is 41.6 Å². The number of nitrogens with zero attached hydrogens (tertiary/aromatic N) is 3. The second-order valence-electron chi connectivity index (χ2n) is 7.83. The lowest BCUT2D eigenvalue weighted by molar-refractivity contribution is -0.127. The van der Waals surface area contributed by atoms with Crippen molar-refractivity contribution in [3.8, 4) is 6.07 Å². The van der Waals surface area contributed by atoms with Gasteiger partial charge in [0.05, 0.1) is 24.2 Å². The predicted molar refractivity (Wildman–Crippen MR) is 109 cm³/mol. The number of hydrogen-bond acceptors (Lipinski definition) is 5. The van der Waals surface area contributed by atoms with E-state index >= 15 is 0 Å². The molecule has 1 atom stereocenters. The van der Waals surface area contributed by atoms with Crippen molar-refractivity contribution in [2.24, 2.45) is 5.92 Å². The van der Waals surface area contributed by atoms with Crippen LogP contribution in [-0.4, -0.2) is 74.1 Å². The molecule has 3 rings (SSSR count). The summed E-state index contributed by atoms with van der Waals surface area (Å²) in [4.78, 5) is 29.5. The number of methoxy groups -OCH3 is 1. The molecule has 0 radical (unpaired) electrons. The van der Waals surface area contributed by atoms with E-state index in [0.717, 1.165) is 38.8 Å². The van der Waals surface area contributed by atoms with Crippen LogP contribution in [0.5, 0.6) is 0 Å². The molecule has 2 fully saturated rings. The summed E-state index contributed by atoms with van der Waals surface area (Å²) in [5, 5.41) is 12.0. The second-order valence-corrected chi connectivity index (χ2v) is 7.83. The van der Waals surface area contributed by atoms with Crippen molar-refractivity contribution in [1.29, 1.82) is 5.26 Å². The van der Waals surface area contributed by atoms with Crippen LogP contribution in [0.15, 0.2) is 24.3 Å². The van der Waals surface area contributed by atoms with E-state index in [2.05, 4.69) is 16.3 Å². The van der Waals surface area contributed by atoms with Crippen LogP contribution in [0, 0.1) is 17.2 Å². The molecule has 2 saturated heterocycles. The smallest absolute Gasteiger partial charge is 0.253 e. The van der Waals surface area contributed by atoms with Gasteiger partial charge in [0.1, 0.15) is 0 Å². The van der Waals surface area contributed by atoms with Crippen LogP contribution >= 0.6 is 0 Å². The van der Waals surface area contributed by atoms with Crippen LogP contribution < -0.4 is 5.32 Å². The first kappa shape index (κ1) is 21.3. The van der Waals surface area contributed by atoms with Gasteiger partial charge in [-0.1, -0.05) is 6.07 Å². The summed E-state index contributed by atoms with van der Waals surface area (Å²) in [6, 6.07) is 9.40. The molecule has 29 heavy (non-hydrogen) atoms. The number of carbonyl (C=O) groups is 2. The van der Waals surface area contributed by atoms with E-state index in [-0.39, 0.29) is 17.7 Å². The quantitative estimate of drug-likeness (QED) is 0.737. The molecule has 0 saturated carbocycles. The monoisotopic (exact) mass is 398 g/mol. The van der Waals surface area contributed by atoms with E-state index in [0.29, 0.717) is 43.4 Å². The molecule has 1 aromatic rings. The van der Waals surface area contributed by atoms with E-state index in [1.807, 2.05) is 4.90 Å². The van der Waals surface area contributed by atoms with Crippen molar-refractivity contribution in [3.63, 3.8) is 0 Å². The lowest BCUT2D eigenvalue weighted by atomic mass is 9.93. The van der Waals surface area contributed by atoms with Crippen molar-refractivity contribution in [3.05, 3.63) is 35.4 Å². The third-order valence-corrected chi connectivity index (χ3v) is 5.94. The highest BCUT2D eigenvalue weighted by atomic mass is 16.5. The molecular formula is C22H30N4O3. The molecule has 2 amide bonds. The Morgan fingerprint density at radius 1 is 1.24 bits per heavy atom. The zero-order valence-corrected chi connectivity index (χ0v) is 17.1. The highest BCUT2D eigenvalue weighted by Gasteiger charge is 2.32. The summed E-state index contributed by atoms with van der Waals surface area (Å²) in [5.74, 6) is 0.153. The number of nitrogens with one attached hydrogen (secondary N) is 1. The Morgan fingerprint density at radius 3 is 2.76 bits per heavy atom. The first-order valence-corrected chi connectivity index (χ1v) is 10.4. The standard InChI is InChI=1S/C22H30N4O3/c1-29-13-9-24-21(27)19-6-3-10-26(16-19)20-7-11-25(12-8-20)22(28)18-5-2-4-17(14-18)15-23/h2,4-5,14,19-20H,3,6-13,16H2,1H3,(H,24,27). The van der Waals surface area contributed by atoms with Gasteiger partial charge >= 0.3 is 0 Å². The van der Waals surface area contributed by atoms with Gasteiger partial charge in [0, 0.05) is 44.9 Å². The summed E-state index contributed by atoms with van der Waals surface area (Å²) in [6.07, 6.45) is 3.80. The Labute approximate surface area is 172 Å². The molecule has 0 spiro atoms. The number of piperidine rings is 2. The Hall–Kier alpha value is -2.43. The van der Waals surface area contributed by atoms with Gasteiger partial charge in [-0.15, -0.1) is 0 Å². The number of nitriles is 1. The number of amides is 2. The lowest BCUT2D eigenvalue weighted by Gasteiger charge is -2.42. The van der Waals surface area contributed by atoms with E-state index in [4.69, 9.17) is 10.00 Å². The first-order valence-electron chi connectivity index (χ1n) is 10.4. The highest BCUT2D eigenvalue weighted by Crippen LogP contribution is 2.25. The molecule has 156 valence electrons. The zero-order chi connectivity index (χ0) is 20.6. The fourth-order valence-corrected chi connectivity index (χ4v) is 4.31. The van der Waals surface area contributed by atoms with Gasteiger partial charge in [-0.3, -0.25) is 14.5 Å². The topological polar surface area (TPSA) is 85.7 Å². The number of rotatable bonds is 6. The molecule has 7 heteroatoms. The van der Waals surface area contributed by atoms with Gasteiger partial charge in [0.15, 0.2) is 0 Å². The van der Waals surface area contributed by atoms with Crippen molar-refractivity contribution < 1.29 is 14.3 Å². The number of ether oxygens (including phenoxy) is 1. The third kappa shape index (κ3) is 5.55. The molecule has 0 aliphatic carbocycles. The Balaban J connectivity index is 1.50. The number of carbonyl (C=O) groups excluding carboxylic acids is 2. The molecular weight excluding hydrogens is 368 g/mol. The molecule has 0 aromatic heterocycles. The summed E-state index contributed by atoms with van der Waals surface area (Å²) in [7, 11) is 1.63.